The van der Waals surface area contributed by atoms with Crippen molar-refractivity contribution in [3.63, 3.8) is 0 Å². The van der Waals surface area contributed by atoms with Gasteiger partial charge in [-0.2, -0.15) is 0 Å². The van der Waals surface area contributed by atoms with Crippen LogP contribution in [0, 0.1) is 5.82 Å². The van der Waals surface area contributed by atoms with E-state index in [2.05, 4.69) is 5.32 Å². The Bertz CT molecular complexity index is 323. The summed E-state index contributed by atoms with van der Waals surface area (Å²) in [5.41, 5.74) is 1.23. The Labute approximate surface area is 75.8 Å². The number of anilines is 1. The highest BCUT2D eigenvalue weighted by molar-refractivity contribution is 5.59. The Morgan fingerprint density at radius 2 is 2.31 bits per heavy atom. The fourth-order valence-electron chi connectivity index (χ4n) is 1.77. The normalized spacial score (nSPS) is 22.2. The second-order valence-corrected chi connectivity index (χ2v) is 3.37. The van der Waals surface area contributed by atoms with Crippen molar-refractivity contribution in [2.24, 2.45) is 0 Å². The monoisotopic (exact) mass is 183 g/mol. The lowest BCUT2D eigenvalue weighted by molar-refractivity contribution is 0.317. The minimum absolute atomic E-state index is 0.203. The predicted octanol–water partition coefficient (Wildman–Crippen LogP) is 2.69. The van der Waals surface area contributed by atoms with Gasteiger partial charge in [-0.25, -0.2) is 8.78 Å². The second kappa shape index (κ2) is 2.98. The number of para-hydroxylation sites is 1. The molecule has 2 atom stereocenters. The molecule has 0 fully saturated rings. The van der Waals surface area contributed by atoms with Crippen molar-refractivity contribution in [3.05, 3.63) is 29.6 Å². The average Bonchev–Trinajstić information content (AvgIpc) is 2.48. The molecule has 2 unspecified atom stereocenters. The molecule has 1 heterocycles. The summed E-state index contributed by atoms with van der Waals surface area (Å²) in [6.07, 6.45) is -0.935. The molecule has 13 heavy (non-hydrogen) atoms. The molecule has 1 aliphatic heterocycles. The summed E-state index contributed by atoms with van der Waals surface area (Å²) in [6.45, 7) is 2.00. The van der Waals surface area contributed by atoms with E-state index in [-0.39, 0.29) is 11.7 Å². The lowest BCUT2D eigenvalue weighted by atomic mass is 9.97. The summed E-state index contributed by atoms with van der Waals surface area (Å²) < 4.78 is 26.2. The molecule has 1 aromatic carbocycles. The van der Waals surface area contributed by atoms with Crippen molar-refractivity contribution >= 4 is 5.69 Å². The number of rotatable bonds is 1. The minimum atomic E-state index is -0.935. The highest BCUT2D eigenvalue weighted by atomic mass is 19.1. The van der Waals surface area contributed by atoms with Crippen LogP contribution in [0.5, 0.6) is 0 Å². The molecule has 1 nitrogen and oxygen atoms in total. The van der Waals surface area contributed by atoms with Gasteiger partial charge in [0.2, 0.25) is 0 Å². The third kappa shape index (κ3) is 1.28. The molecular formula is C10H11F2N. The molecule has 0 radical (unpaired) electrons. The molecule has 1 aliphatic rings. The topological polar surface area (TPSA) is 12.0 Å². The van der Waals surface area contributed by atoms with Crippen LogP contribution in [0.4, 0.5) is 14.5 Å². The summed E-state index contributed by atoms with van der Waals surface area (Å²) in [6, 6.07) is 4.78. The van der Waals surface area contributed by atoms with E-state index in [9.17, 15) is 8.78 Å². The van der Waals surface area contributed by atoms with Gasteiger partial charge in [-0.15, -0.1) is 0 Å². The molecule has 0 saturated carbocycles. The molecule has 3 heteroatoms. The fraction of sp³-hybridized carbons (Fsp3) is 0.400. The summed E-state index contributed by atoms with van der Waals surface area (Å²) >= 11 is 0. The molecule has 0 bridgehead atoms. The van der Waals surface area contributed by atoms with Gasteiger partial charge >= 0.3 is 0 Å². The molecule has 0 aliphatic carbocycles. The van der Waals surface area contributed by atoms with E-state index >= 15 is 0 Å². The first-order valence-corrected chi connectivity index (χ1v) is 4.36. The van der Waals surface area contributed by atoms with E-state index in [1.54, 1.807) is 12.1 Å². The predicted molar refractivity (Wildman–Crippen MR) is 48.2 cm³/mol. The lowest BCUT2D eigenvalue weighted by Gasteiger charge is -2.10. The van der Waals surface area contributed by atoms with Crippen LogP contribution in [0.25, 0.3) is 0 Å². The van der Waals surface area contributed by atoms with Crippen molar-refractivity contribution < 1.29 is 8.78 Å². The van der Waals surface area contributed by atoms with E-state index in [4.69, 9.17) is 0 Å². The molecule has 2 rings (SSSR count). The molecule has 0 amide bonds. The van der Waals surface area contributed by atoms with Gasteiger partial charge in [0.05, 0.1) is 5.69 Å². The summed E-state index contributed by atoms with van der Waals surface area (Å²) in [4.78, 5) is 0. The standard InChI is InChI=1S/C10H11F2N/c1-6(11)8-5-13-10-7(8)3-2-4-9(10)12/h2-4,6,8,13H,5H2,1H3. The second-order valence-electron chi connectivity index (χ2n) is 3.37. The first-order chi connectivity index (χ1) is 6.20. The van der Waals surface area contributed by atoms with Crippen molar-refractivity contribution in [2.45, 2.75) is 19.0 Å². The van der Waals surface area contributed by atoms with Gasteiger partial charge in [0.25, 0.3) is 0 Å². The molecular weight excluding hydrogens is 172 g/mol. The Hall–Kier alpha value is -1.12. The third-order valence-corrected chi connectivity index (χ3v) is 2.50. The SMILES string of the molecule is CC(F)C1CNc2c(F)cccc21. The van der Waals surface area contributed by atoms with Crippen LogP contribution in [0.3, 0.4) is 0 Å². The molecule has 0 aromatic heterocycles. The van der Waals surface area contributed by atoms with Gasteiger partial charge in [-0.1, -0.05) is 12.1 Å². The highest BCUT2D eigenvalue weighted by Gasteiger charge is 2.28. The maximum absolute atomic E-state index is 13.1. The van der Waals surface area contributed by atoms with Crippen LogP contribution in [0.15, 0.2) is 18.2 Å². The summed E-state index contributed by atoms with van der Waals surface area (Å²) in [5.74, 6) is -0.494. The Morgan fingerprint density at radius 1 is 1.54 bits per heavy atom. The third-order valence-electron chi connectivity index (χ3n) is 2.50. The molecule has 0 saturated heterocycles. The zero-order valence-electron chi connectivity index (χ0n) is 7.35. The van der Waals surface area contributed by atoms with E-state index < -0.39 is 6.17 Å². The smallest absolute Gasteiger partial charge is 0.146 e. The van der Waals surface area contributed by atoms with Crippen LogP contribution in [0.2, 0.25) is 0 Å². The Morgan fingerprint density at radius 3 is 3.00 bits per heavy atom. The molecule has 1 aromatic rings. The largest absolute Gasteiger partial charge is 0.382 e. The van der Waals surface area contributed by atoms with Gasteiger partial charge in [0, 0.05) is 12.5 Å². The number of halogens is 2. The van der Waals surface area contributed by atoms with Gasteiger partial charge in [-0.05, 0) is 18.6 Å². The van der Waals surface area contributed by atoms with Crippen LogP contribution >= 0.6 is 0 Å². The fourth-order valence-corrected chi connectivity index (χ4v) is 1.77. The summed E-state index contributed by atoms with van der Waals surface area (Å²) in [7, 11) is 0. The average molecular weight is 183 g/mol. The van der Waals surface area contributed by atoms with Gasteiger partial charge in [0.15, 0.2) is 0 Å². The van der Waals surface area contributed by atoms with Gasteiger partial charge in [-0.3, -0.25) is 0 Å². The number of alkyl halides is 1. The minimum Gasteiger partial charge on any atom is -0.382 e. The number of fused-ring (bicyclic) bond motifs is 1. The molecule has 70 valence electrons. The zero-order valence-corrected chi connectivity index (χ0v) is 7.35. The quantitative estimate of drug-likeness (QED) is 0.705. The lowest BCUT2D eigenvalue weighted by Crippen LogP contribution is -2.11. The Balaban J connectivity index is 2.43. The van der Waals surface area contributed by atoms with E-state index in [0.717, 1.165) is 5.56 Å². The van der Waals surface area contributed by atoms with E-state index in [1.807, 2.05) is 0 Å². The van der Waals surface area contributed by atoms with Crippen LogP contribution < -0.4 is 5.32 Å². The molecule has 0 spiro atoms. The van der Waals surface area contributed by atoms with Crippen LogP contribution in [-0.2, 0) is 0 Å². The van der Waals surface area contributed by atoms with Crippen LogP contribution in [-0.4, -0.2) is 12.7 Å². The first-order valence-electron chi connectivity index (χ1n) is 4.36. The first kappa shape index (κ1) is 8.48. The van der Waals surface area contributed by atoms with Crippen molar-refractivity contribution in [3.8, 4) is 0 Å². The van der Waals surface area contributed by atoms with E-state index in [0.29, 0.717) is 12.2 Å². The number of nitrogens with one attached hydrogen (secondary N) is 1. The van der Waals surface area contributed by atoms with Gasteiger partial charge in [0.1, 0.15) is 12.0 Å². The number of hydrogen-bond acceptors (Lipinski definition) is 1. The highest BCUT2D eigenvalue weighted by Crippen LogP contribution is 2.36. The van der Waals surface area contributed by atoms with Gasteiger partial charge < -0.3 is 5.32 Å². The molecule has 1 N–H and O–H groups in total. The van der Waals surface area contributed by atoms with Crippen molar-refractivity contribution in [1.29, 1.82) is 0 Å². The maximum Gasteiger partial charge on any atom is 0.146 e. The van der Waals surface area contributed by atoms with Crippen molar-refractivity contribution in [2.75, 3.05) is 11.9 Å². The van der Waals surface area contributed by atoms with Crippen molar-refractivity contribution in [1.82, 2.24) is 0 Å². The Kier molecular flexibility index (Phi) is 1.94. The van der Waals surface area contributed by atoms with Crippen LogP contribution in [0.1, 0.15) is 18.4 Å². The number of hydrogen-bond donors (Lipinski definition) is 1. The zero-order chi connectivity index (χ0) is 9.42. The maximum atomic E-state index is 13.1. The number of benzene rings is 1. The van der Waals surface area contributed by atoms with E-state index in [1.165, 1.54) is 13.0 Å². The summed E-state index contributed by atoms with van der Waals surface area (Å²) in [5, 5.41) is 2.88.